The van der Waals surface area contributed by atoms with Crippen LogP contribution in [-0.2, 0) is 11.2 Å². The molecule has 0 bridgehead atoms. The van der Waals surface area contributed by atoms with Gasteiger partial charge in [0.2, 0.25) is 0 Å². The molecule has 3 nitrogen and oxygen atoms in total. The Hall–Kier alpha value is -0.900. The van der Waals surface area contributed by atoms with Crippen molar-refractivity contribution in [3.8, 4) is 0 Å². The quantitative estimate of drug-likeness (QED) is 0.622. The van der Waals surface area contributed by atoms with Crippen LogP contribution in [0, 0.1) is 5.92 Å². The van der Waals surface area contributed by atoms with Gasteiger partial charge in [0.25, 0.3) is 0 Å². The fourth-order valence-electron chi connectivity index (χ4n) is 2.83. The van der Waals surface area contributed by atoms with Gasteiger partial charge in [0.1, 0.15) is 0 Å². The lowest BCUT2D eigenvalue weighted by Crippen LogP contribution is -2.36. The summed E-state index contributed by atoms with van der Waals surface area (Å²) in [7, 11) is 0. The summed E-state index contributed by atoms with van der Waals surface area (Å²) in [4.78, 5) is 0. The molecule has 1 saturated heterocycles. The SMILES string of the molecule is CCCc1ccc(C(NN)C2CCOC2C)cc1. The minimum absolute atomic E-state index is 0.193. The molecule has 0 aliphatic carbocycles. The molecule has 0 radical (unpaired) electrons. The Morgan fingerprint density at radius 1 is 1.39 bits per heavy atom. The van der Waals surface area contributed by atoms with Gasteiger partial charge < -0.3 is 4.74 Å². The lowest BCUT2D eigenvalue weighted by atomic mass is 9.88. The molecule has 18 heavy (non-hydrogen) atoms. The zero-order valence-electron chi connectivity index (χ0n) is 11.4. The van der Waals surface area contributed by atoms with Crippen molar-refractivity contribution in [2.24, 2.45) is 11.8 Å². The van der Waals surface area contributed by atoms with Gasteiger partial charge in [-0.2, -0.15) is 0 Å². The molecule has 100 valence electrons. The lowest BCUT2D eigenvalue weighted by molar-refractivity contribution is 0.0954. The van der Waals surface area contributed by atoms with Crippen LogP contribution >= 0.6 is 0 Å². The summed E-state index contributed by atoms with van der Waals surface area (Å²) in [6, 6.07) is 9.01. The van der Waals surface area contributed by atoms with Crippen molar-refractivity contribution >= 4 is 0 Å². The first-order valence-corrected chi connectivity index (χ1v) is 6.92. The summed E-state index contributed by atoms with van der Waals surface area (Å²) in [5, 5.41) is 0. The third-order valence-corrected chi connectivity index (χ3v) is 3.92. The van der Waals surface area contributed by atoms with E-state index in [4.69, 9.17) is 10.6 Å². The van der Waals surface area contributed by atoms with Crippen LogP contribution in [0.15, 0.2) is 24.3 Å². The summed E-state index contributed by atoms with van der Waals surface area (Å²) in [5.74, 6) is 6.20. The van der Waals surface area contributed by atoms with Gasteiger partial charge in [-0.1, -0.05) is 37.6 Å². The Labute approximate surface area is 110 Å². The lowest BCUT2D eigenvalue weighted by Gasteiger charge is -2.25. The van der Waals surface area contributed by atoms with E-state index in [0.29, 0.717) is 5.92 Å². The number of nitrogens with two attached hydrogens (primary N) is 1. The molecule has 0 spiro atoms. The minimum Gasteiger partial charge on any atom is -0.378 e. The Morgan fingerprint density at radius 3 is 2.61 bits per heavy atom. The monoisotopic (exact) mass is 248 g/mol. The molecular weight excluding hydrogens is 224 g/mol. The van der Waals surface area contributed by atoms with E-state index in [9.17, 15) is 0 Å². The second kappa shape index (κ2) is 6.32. The average Bonchev–Trinajstić information content (AvgIpc) is 2.79. The Morgan fingerprint density at radius 2 is 2.11 bits per heavy atom. The smallest absolute Gasteiger partial charge is 0.0594 e. The van der Waals surface area contributed by atoms with E-state index < -0.39 is 0 Å². The average molecular weight is 248 g/mol. The van der Waals surface area contributed by atoms with E-state index in [1.165, 1.54) is 17.5 Å². The zero-order valence-corrected chi connectivity index (χ0v) is 11.4. The molecule has 3 heteroatoms. The zero-order chi connectivity index (χ0) is 13.0. The summed E-state index contributed by atoms with van der Waals surface area (Å²) in [6.07, 6.45) is 3.68. The molecule has 1 aromatic rings. The Bertz CT molecular complexity index is 363. The van der Waals surface area contributed by atoms with E-state index >= 15 is 0 Å². The molecule has 1 fully saturated rings. The highest BCUT2D eigenvalue weighted by molar-refractivity contribution is 5.26. The molecule has 1 aliphatic heterocycles. The van der Waals surface area contributed by atoms with Gasteiger partial charge in [0.15, 0.2) is 0 Å². The molecule has 0 saturated carbocycles. The van der Waals surface area contributed by atoms with Gasteiger partial charge in [-0.15, -0.1) is 0 Å². The maximum atomic E-state index is 5.74. The van der Waals surface area contributed by atoms with Gasteiger partial charge in [-0.05, 0) is 30.9 Å². The van der Waals surface area contributed by atoms with E-state index in [0.717, 1.165) is 19.4 Å². The predicted molar refractivity (Wildman–Crippen MR) is 74.0 cm³/mol. The number of nitrogens with one attached hydrogen (secondary N) is 1. The summed E-state index contributed by atoms with van der Waals surface area (Å²) >= 11 is 0. The van der Waals surface area contributed by atoms with Crippen LogP contribution in [0.3, 0.4) is 0 Å². The van der Waals surface area contributed by atoms with Crippen LogP contribution in [0.2, 0.25) is 0 Å². The van der Waals surface area contributed by atoms with Crippen LogP contribution in [-0.4, -0.2) is 12.7 Å². The normalized spacial score (nSPS) is 25.3. The molecule has 1 aliphatic rings. The van der Waals surface area contributed by atoms with Crippen LogP contribution in [0.1, 0.15) is 43.9 Å². The highest BCUT2D eigenvalue weighted by Crippen LogP contribution is 2.32. The van der Waals surface area contributed by atoms with Crippen LogP contribution < -0.4 is 11.3 Å². The number of benzene rings is 1. The highest BCUT2D eigenvalue weighted by atomic mass is 16.5. The number of hydrogen-bond acceptors (Lipinski definition) is 3. The first-order valence-electron chi connectivity index (χ1n) is 6.92. The molecule has 3 unspecified atom stereocenters. The first kappa shape index (κ1) is 13.5. The van der Waals surface area contributed by atoms with Crippen molar-refractivity contribution in [1.82, 2.24) is 5.43 Å². The number of aryl methyl sites for hydroxylation is 1. The van der Waals surface area contributed by atoms with Crippen molar-refractivity contribution < 1.29 is 4.74 Å². The third kappa shape index (κ3) is 2.91. The van der Waals surface area contributed by atoms with Crippen molar-refractivity contribution in [2.75, 3.05) is 6.61 Å². The van der Waals surface area contributed by atoms with E-state index in [1.807, 2.05) is 0 Å². The minimum atomic E-state index is 0.193. The van der Waals surface area contributed by atoms with Crippen molar-refractivity contribution in [2.45, 2.75) is 45.3 Å². The van der Waals surface area contributed by atoms with Crippen molar-refractivity contribution in [1.29, 1.82) is 0 Å². The predicted octanol–water partition coefficient (Wildman–Crippen LogP) is 2.57. The molecule has 1 heterocycles. The number of hydrazine groups is 1. The van der Waals surface area contributed by atoms with Crippen molar-refractivity contribution in [3.05, 3.63) is 35.4 Å². The fraction of sp³-hybridized carbons (Fsp3) is 0.600. The van der Waals surface area contributed by atoms with Crippen molar-refractivity contribution in [3.63, 3.8) is 0 Å². The largest absolute Gasteiger partial charge is 0.378 e. The standard InChI is InChI=1S/C15H24N2O/c1-3-4-12-5-7-13(8-6-12)15(17-16)14-9-10-18-11(14)2/h5-8,11,14-15,17H,3-4,9-10,16H2,1-2H3. The Kier molecular flexibility index (Phi) is 4.75. The molecular formula is C15H24N2O. The van der Waals surface area contributed by atoms with Gasteiger partial charge in [-0.25, -0.2) is 0 Å². The fourth-order valence-corrected chi connectivity index (χ4v) is 2.83. The maximum Gasteiger partial charge on any atom is 0.0594 e. The molecule has 0 amide bonds. The maximum absolute atomic E-state index is 5.74. The third-order valence-electron chi connectivity index (χ3n) is 3.92. The van der Waals surface area contributed by atoms with E-state index in [-0.39, 0.29) is 12.1 Å². The van der Waals surface area contributed by atoms with Crippen LogP contribution in [0.5, 0.6) is 0 Å². The second-order valence-electron chi connectivity index (χ2n) is 5.16. The highest BCUT2D eigenvalue weighted by Gasteiger charge is 2.32. The molecule has 0 aromatic heterocycles. The van der Waals surface area contributed by atoms with Crippen LogP contribution in [0.4, 0.5) is 0 Å². The van der Waals surface area contributed by atoms with E-state index in [1.54, 1.807) is 0 Å². The topological polar surface area (TPSA) is 47.3 Å². The summed E-state index contributed by atoms with van der Waals surface area (Å²) in [5.41, 5.74) is 5.62. The summed E-state index contributed by atoms with van der Waals surface area (Å²) < 4.78 is 5.64. The number of hydrogen-bond donors (Lipinski definition) is 2. The number of ether oxygens (including phenoxy) is 1. The molecule has 3 N–H and O–H groups in total. The van der Waals surface area contributed by atoms with Gasteiger partial charge >= 0.3 is 0 Å². The number of rotatable bonds is 5. The van der Waals surface area contributed by atoms with Gasteiger partial charge in [-0.3, -0.25) is 11.3 Å². The van der Waals surface area contributed by atoms with Gasteiger partial charge in [0, 0.05) is 12.5 Å². The summed E-state index contributed by atoms with van der Waals surface area (Å²) in [6.45, 7) is 5.18. The van der Waals surface area contributed by atoms with Gasteiger partial charge in [0.05, 0.1) is 12.1 Å². The Balaban J connectivity index is 2.11. The first-order chi connectivity index (χ1) is 8.76. The van der Waals surface area contributed by atoms with E-state index in [2.05, 4.69) is 43.5 Å². The van der Waals surface area contributed by atoms with Crippen LogP contribution in [0.25, 0.3) is 0 Å². The molecule has 3 atom stereocenters. The molecule has 2 rings (SSSR count). The second-order valence-corrected chi connectivity index (χ2v) is 5.16. The molecule has 1 aromatic carbocycles.